The van der Waals surface area contributed by atoms with Crippen molar-refractivity contribution in [1.29, 1.82) is 0 Å². The maximum absolute atomic E-state index is 13.0. The largest absolute Gasteiger partial charge is 0.497 e. The highest BCUT2D eigenvalue weighted by molar-refractivity contribution is 7.89. The number of ether oxygens (including phenoxy) is 1. The monoisotopic (exact) mass is 503 g/mol. The average molecular weight is 504 g/mol. The van der Waals surface area contributed by atoms with E-state index in [9.17, 15) is 8.42 Å². The molecule has 0 aliphatic carbocycles. The minimum absolute atomic E-state index is 0.164. The summed E-state index contributed by atoms with van der Waals surface area (Å²) in [7, 11) is -2.18. The van der Waals surface area contributed by atoms with E-state index in [0.717, 1.165) is 53.9 Å². The van der Waals surface area contributed by atoms with Gasteiger partial charge in [-0.1, -0.05) is 42.5 Å². The van der Waals surface area contributed by atoms with Crippen molar-refractivity contribution >= 4 is 26.9 Å². The van der Waals surface area contributed by atoms with Crippen LogP contribution in [-0.2, 0) is 16.4 Å². The molecule has 1 fully saturated rings. The summed E-state index contributed by atoms with van der Waals surface area (Å²) in [5.74, 6) is 0.933. The van der Waals surface area contributed by atoms with Gasteiger partial charge in [-0.2, -0.15) is 0 Å². The van der Waals surface area contributed by atoms with Crippen LogP contribution in [0.3, 0.4) is 0 Å². The van der Waals surface area contributed by atoms with Crippen molar-refractivity contribution < 1.29 is 13.2 Å². The molecule has 0 atom stereocenters. The molecule has 2 N–H and O–H groups in total. The summed E-state index contributed by atoms with van der Waals surface area (Å²) in [4.78, 5) is 13.9. The SMILES string of the molecule is COc1ccc(-c2cccc3cnc(NNS(=O)(=O)c4cccc(CCN5CCCC5)c4)nc23)cc1. The average Bonchev–Trinajstić information content (AvgIpc) is 3.44. The van der Waals surface area contributed by atoms with Crippen LogP contribution in [0.1, 0.15) is 18.4 Å². The van der Waals surface area contributed by atoms with Crippen molar-refractivity contribution in [2.45, 2.75) is 24.2 Å². The van der Waals surface area contributed by atoms with Crippen molar-refractivity contribution in [3.05, 3.63) is 78.5 Å². The molecular formula is C27H29N5O3S. The molecule has 1 aliphatic rings. The Bertz CT molecular complexity index is 1450. The number of sulfonamides is 1. The van der Waals surface area contributed by atoms with E-state index in [4.69, 9.17) is 4.74 Å². The molecule has 0 spiro atoms. The van der Waals surface area contributed by atoms with E-state index >= 15 is 0 Å². The molecule has 0 radical (unpaired) electrons. The van der Waals surface area contributed by atoms with Crippen LogP contribution in [0.15, 0.2) is 77.8 Å². The molecule has 3 aromatic carbocycles. The topological polar surface area (TPSA) is 96.4 Å². The van der Waals surface area contributed by atoms with Gasteiger partial charge in [0.05, 0.1) is 17.5 Å². The number of methoxy groups -OCH3 is 1. The third-order valence-corrected chi connectivity index (χ3v) is 7.68. The van der Waals surface area contributed by atoms with Gasteiger partial charge in [0, 0.05) is 23.7 Å². The molecule has 9 heteroatoms. The van der Waals surface area contributed by atoms with Crippen molar-refractivity contribution in [3.63, 3.8) is 0 Å². The molecule has 186 valence electrons. The quantitative estimate of drug-likeness (QED) is 0.330. The summed E-state index contributed by atoms with van der Waals surface area (Å²) >= 11 is 0. The Morgan fingerprint density at radius 3 is 2.56 bits per heavy atom. The van der Waals surface area contributed by atoms with Crippen molar-refractivity contribution in [1.82, 2.24) is 19.7 Å². The van der Waals surface area contributed by atoms with Gasteiger partial charge in [-0.15, -0.1) is 4.83 Å². The zero-order valence-electron chi connectivity index (χ0n) is 20.1. The minimum Gasteiger partial charge on any atom is -0.497 e. The fourth-order valence-electron chi connectivity index (χ4n) is 4.45. The zero-order chi connectivity index (χ0) is 25.0. The Kier molecular flexibility index (Phi) is 7.13. The molecule has 1 aliphatic heterocycles. The lowest BCUT2D eigenvalue weighted by atomic mass is 10.0. The van der Waals surface area contributed by atoms with Gasteiger partial charge in [-0.3, -0.25) is 5.43 Å². The molecule has 8 nitrogen and oxygen atoms in total. The number of aromatic nitrogens is 2. The first-order valence-electron chi connectivity index (χ1n) is 12.0. The highest BCUT2D eigenvalue weighted by Gasteiger charge is 2.16. The number of likely N-dealkylation sites (tertiary alicyclic amines) is 1. The second-order valence-electron chi connectivity index (χ2n) is 8.84. The molecule has 0 saturated carbocycles. The Labute approximate surface area is 211 Å². The first-order valence-corrected chi connectivity index (χ1v) is 13.5. The molecule has 0 unspecified atom stereocenters. The van der Waals surface area contributed by atoms with Crippen LogP contribution in [0, 0.1) is 0 Å². The molecule has 36 heavy (non-hydrogen) atoms. The van der Waals surface area contributed by atoms with E-state index in [1.54, 1.807) is 31.5 Å². The van der Waals surface area contributed by atoms with Crippen molar-refractivity contribution in [3.8, 4) is 16.9 Å². The van der Waals surface area contributed by atoms with Crippen molar-refractivity contribution in [2.75, 3.05) is 32.2 Å². The number of hydrogen-bond donors (Lipinski definition) is 2. The van der Waals surface area contributed by atoms with E-state index in [2.05, 4.69) is 25.1 Å². The van der Waals surface area contributed by atoms with Crippen LogP contribution in [0.25, 0.3) is 22.0 Å². The highest BCUT2D eigenvalue weighted by atomic mass is 32.2. The lowest BCUT2D eigenvalue weighted by molar-refractivity contribution is 0.343. The predicted octanol–water partition coefficient (Wildman–Crippen LogP) is 4.25. The van der Waals surface area contributed by atoms with Gasteiger partial charge < -0.3 is 9.64 Å². The number of hydrogen-bond acceptors (Lipinski definition) is 7. The number of para-hydroxylation sites is 1. The third kappa shape index (κ3) is 5.48. The predicted molar refractivity (Wildman–Crippen MR) is 141 cm³/mol. The van der Waals surface area contributed by atoms with Gasteiger partial charge >= 0.3 is 0 Å². The van der Waals surface area contributed by atoms with Gasteiger partial charge in [0.15, 0.2) is 0 Å². The van der Waals surface area contributed by atoms with Gasteiger partial charge in [0.1, 0.15) is 5.75 Å². The Hall–Kier alpha value is -3.53. The molecule has 1 aromatic heterocycles. The summed E-state index contributed by atoms with van der Waals surface area (Å²) in [5.41, 5.74) is 6.27. The Morgan fingerprint density at radius 2 is 1.78 bits per heavy atom. The van der Waals surface area contributed by atoms with Crippen LogP contribution in [0.5, 0.6) is 5.75 Å². The van der Waals surface area contributed by atoms with Gasteiger partial charge in [-0.05, 0) is 67.7 Å². The van der Waals surface area contributed by atoms with Gasteiger partial charge in [-0.25, -0.2) is 18.4 Å². The second kappa shape index (κ2) is 10.6. The van der Waals surface area contributed by atoms with Crippen molar-refractivity contribution in [2.24, 2.45) is 0 Å². The van der Waals surface area contributed by atoms with E-state index in [0.29, 0.717) is 5.52 Å². The summed E-state index contributed by atoms with van der Waals surface area (Å²) in [6.07, 6.45) is 4.97. The van der Waals surface area contributed by atoms with E-state index < -0.39 is 10.0 Å². The summed E-state index contributed by atoms with van der Waals surface area (Å²) in [6, 6.07) is 20.6. The molecule has 0 bridgehead atoms. The molecule has 2 heterocycles. The third-order valence-electron chi connectivity index (χ3n) is 6.43. The Balaban J connectivity index is 1.32. The number of fused-ring (bicyclic) bond motifs is 1. The van der Waals surface area contributed by atoms with E-state index in [1.165, 1.54) is 12.8 Å². The number of benzene rings is 3. The smallest absolute Gasteiger partial charge is 0.257 e. The highest BCUT2D eigenvalue weighted by Crippen LogP contribution is 2.29. The summed E-state index contributed by atoms with van der Waals surface area (Å²) in [6.45, 7) is 3.18. The fourth-order valence-corrected chi connectivity index (χ4v) is 5.36. The molecule has 5 rings (SSSR count). The van der Waals surface area contributed by atoms with E-state index in [1.807, 2.05) is 48.5 Å². The lowest BCUT2D eigenvalue weighted by Gasteiger charge is -2.15. The lowest BCUT2D eigenvalue weighted by Crippen LogP contribution is -2.30. The van der Waals surface area contributed by atoms with Crippen LogP contribution >= 0.6 is 0 Å². The van der Waals surface area contributed by atoms with Crippen LogP contribution < -0.4 is 15.0 Å². The number of nitrogens with zero attached hydrogens (tertiary/aromatic N) is 3. The van der Waals surface area contributed by atoms with Crippen LogP contribution in [0.2, 0.25) is 0 Å². The van der Waals surface area contributed by atoms with Crippen LogP contribution in [0.4, 0.5) is 5.95 Å². The zero-order valence-corrected chi connectivity index (χ0v) is 21.0. The normalized spacial score (nSPS) is 14.2. The van der Waals surface area contributed by atoms with Gasteiger partial charge in [0.25, 0.3) is 10.0 Å². The number of nitrogens with one attached hydrogen (secondary N) is 2. The summed E-state index contributed by atoms with van der Waals surface area (Å²) in [5, 5.41) is 0.849. The second-order valence-corrected chi connectivity index (χ2v) is 10.5. The summed E-state index contributed by atoms with van der Waals surface area (Å²) < 4.78 is 31.2. The van der Waals surface area contributed by atoms with Crippen LogP contribution in [-0.4, -0.2) is 50.0 Å². The maximum atomic E-state index is 13.0. The molecule has 4 aromatic rings. The fraction of sp³-hybridized carbons (Fsp3) is 0.259. The minimum atomic E-state index is -3.81. The van der Waals surface area contributed by atoms with E-state index in [-0.39, 0.29) is 10.8 Å². The number of hydrazine groups is 1. The molecule has 1 saturated heterocycles. The van der Waals surface area contributed by atoms with Gasteiger partial charge in [0.2, 0.25) is 5.95 Å². The Morgan fingerprint density at radius 1 is 1.00 bits per heavy atom. The first-order chi connectivity index (χ1) is 17.5. The maximum Gasteiger partial charge on any atom is 0.257 e. The molecule has 0 amide bonds. The number of anilines is 1. The first kappa shape index (κ1) is 24.2. The number of rotatable bonds is 9. The molecular weight excluding hydrogens is 474 g/mol. The standard InChI is InChI=1S/C27H29N5O3S/c1-35-23-12-10-21(11-13-23)25-9-5-7-22-19-28-27(29-26(22)25)30-31-36(33,34)24-8-4-6-20(18-24)14-17-32-15-2-3-16-32/h4-13,18-19,31H,2-3,14-17H2,1H3,(H,28,29,30).